The quantitative estimate of drug-likeness (QED) is 0.490. The molecule has 0 radical (unpaired) electrons. The van der Waals surface area contributed by atoms with Gasteiger partial charge in [0.25, 0.3) is 0 Å². The highest BCUT2D eigenvalue weighted by Gasteiger charge is 1.91. The highest BCUT2D eigenvalue weighted by atomic mass is 32.2. The third-order valence-corrected chi connectivity index (χ3v) is 2.12. The normalized spacial score (nSPS) is 14.3. The molecule has 0 spiro atoms. The summed E-state index contributed by atoms with van der Waals surface area (Å²) in [5.41, 5.74) is 5.58. The van der Waals surface area contributed by atoms with Gasteiger partial charge in [0.15, 0.2) is 0 Å². The predicted octanol–water partition coefficient (Wildman–Crippen LogP) is 2.03. The van der Waals surface area contributed by atoms with Crippen LogP contribution in [0.3, 0.4) is 0 Å². The van der Waals surface area contributed by atoms with E-state index in [2.05, 4.69) is 19.1 Å². The van der Waals surface area contributed by atoms with Crippen molar-refractivity contribution >= 4 is 11.8 Å². The Morgan fingerprint density at radius 1 is 1.60 bits per heavy atom. The summed E-state index contributed by atoms with van der Waals surface area (Å²) in [7, 11) is 0. The Balaban J connectivity index is 2.91. The Bertz CT molecular complexity index is 89.3. The van der Waals surface area contributed by atoms with Gasteiger partial charge in [0.05, 0.1) is 0 Å². The van der Waals surface area contributed by atoms with Crippen LogP contribution in [0.2, 0.25) is 0 Å². The minimum atomic E-state index is 0.359. The molecular formula is C8H17NS. The van der Waals surface area contributed by atoms with Gasteiger partial charge in [0, 0.05) is 11.8 Å². The molecule has 0 aromatic rings. The largest absolute Gasteiger partial charge is 0.328 e. The van der Waals surface area contributed by atoms with Crippen LogP contribution in [0.1, 0.15) is 20.3 Å². The molecule has 0 amide bonds. The van der Waals surface area contributed by atoms with Gasteiger partial charge in [-0.15, -0.1) is 0 Å². The summed E-state index contributed by atoms with van der Waals surface area (Å²) in [5.74, 6) is 2.31. The van der Waals surface area contributed by atoms with E-state index in [1.807, 2.05) is 18.7 Å². The van der Waals surface area contributed by atoms with E-state index >= 15 is 0 Å². The summed E-state index contributed by atoms with van der Waals surface area (Å²) in [6.07, 6.45) is 5.38. The van der Waals surface area contributed by atoms with Crippen molar-refractivity contribution in [2.24, 2.45) is 5.73 Å². The van der Waals surface area contributed by atoms with Gasteiger partial charge >= 0.3 is 0 Å². The van der Waals surface area contributed by atoms with Crippen LogP contribution in [0.25, 0.3) is 0 Å². The van der Waals surface area contributed by atoms with Crippen LogP contribution in [0.4, 0.5) is 0 Å². The molecule has 0 heterocycles. The van der Waals surface area contributed by atoms with Crippen LogP contribution in [0.15, 0.2) is 12.2 Å². The zero-order chi connectivity index (χ0) is 7.82. The second-order valence-electron chi connectivity index (χ2n) is 2.41. The molecular weight excluding hydrogens is 142 g/mol. The summed E-state index contributed by atoms with van der Waals surface area (Å²) in [4.78, 5) is 0. The van der Waals surface area contributed by atoms with Gasteiger partial charge in [0.1, 0.15) is 0 Å². The van der Waals surface area contributed by atoms with E-state index in [1.54, 1.807) is 0 Å². The molecule has 0 aromatic carbocycles. The fourth-order valence-electron chi connectivity index (χ4n) is 0.517. The highest BCUT2D eigenvalue weighted by molar-refractivity contribution is 7.99. The minimum absolute atomic E-state index is 0.359. The lowest BCUT2D eigenvalue weighted by Crippen LogP contribution is -2.15. The number of rotatable bonds is 5. The first-order valence-corrected chi connectivity index (χ1v) is 4.87. The Morgan fingerprint density at radius 3 is 2.80 bits per heavy atom. The minimum Gasteiger partial charge on any atom is -0.328 e. The number of nitrogens with two attached hydrogens (primary N) is 1. The van der Waals surface area contributed by atoms with E-state index in [-0.39, 0.29) is 0 Å². The van der Waals surface area contributed by atoms with E-state index in [0.717, 1.165) is 12.2 Å². The smallest absolute Gasteiger partial charge is 0.0113 e. The van der Waals surface area contributed by atoms with Crippen molar-refractivity contribution in [3.05, 3.63) is 12.2 Å². The van der Waals surface area contributed by atoms with Crippen LogP contribution in [0, 0.1) is 0 Å². The number of allylic oxidation sites excluding steroid dienone is 1. The van der Waals surface area contributed by atoms with Crippen molar-refractivity contribution in [2.75, 3.05) is 11.5 Å². The molecule has 60 valence electrons. The standard InChI is InChI=1S/C8H17NS/c1-3-4-6-10-7-5-8(2)9/h3-4,8H,5-7,9H2,1-2H3. The maximum atomic E-state index is 5.58. The summed E-state index contributed by atoms with van der Waals surface area (Å²) >= 11 is 1.94. The molecule has 0 aliphatic rings. The summed E-state index contributed by atoms with van der Waals surface area (Å²) in [5, 5.41) is 0. The molecule has 0 rings (SSSR count). The zero-order valence-electron chi connectivity index (χ0n) is 6.84. The predicted molar refractivity (Wildman–Crippen MR) is 50.4 cm³/mol. The second-order valence-corrected chi connectivity index (χ2v) is 3.56. The third-order valence-electron chi connectivity index (χ3n) is 1.17. The van der Waals surface area contributed by atoms with Crippen molar-refractivity contribution < 1.29 is 0 Å². The van der Waals surface area contributed by atoms with Crippen molar-refractivity contribution in [1.82, 2.24) is 0 Å². The van der Waals surface area contributed by atoms with Crippen molar-refractivity contribution in [2.45, 2.75) is 26.3 Å². The number of hydrogen-bond donors (Lipinski definition) is 1. The summed E-state index contributed by atoms with van der Waals surface area (Å²) < 4.78 is 0. The Labute approximate surface area is 68.1 Å². The molecule has 0 bridgehead atoms. The molecule has 2 heteroatoms. The SMILES string of the molecule is CC=CCSCCC(C)N. The van der Waals surface area contributed by atoms with Gasteiger partial charge in [-0.05, 0) is 26.0 Å². The molecule has 0 aliphatic carbocycles. The van der Waals surface area contributed by atoms with Gasteiger partial charge in [0.2, 0.25) is 0 Å². The van der Waals surface area contributed by atoms with Gasteiger partial charge in [-0.3, -0.25) is 0 Å². The van der Waals surface area contributed by atoms with E-state index in [1.165, 1.54) is 5.75 Å². The molecule has 0 saturated carbocycles. The molecule has 1 nitrogen and oxygen atoms in total. The van der Waals surface area contributed by atoms with Gasteiger partial charge in [-0.1, -0.05) is 12.2 Å². The molecule has 2 N–H and O–H groups in total. The third kappa shape index (κ3) is 8.05. The molecule has 0 aliphatic heterocycles. The van der Waals surface area contributed by atoms with Crippen molar-refractivity contribution in [3.63, 3.8) is 0 Å². The number of hydrogen-bond acceptors (Lipinski definition) is 2. The molecule has 0 saturated heterocycles. The Kier molecular flexibility index (Phi) is 7.20. The van der Waals surface area contributed by atoms with E-state index in [4.69, 9.17) is 5.73 Å². The van der Waals surface area contributed by atoms with Crippen LogP contribution >= 0.6 is 11.8 Å². The average molecular weight is 159 g/mol. The van der Waals surface area contributed by atoms with Gasteiger partial charge in [-0.25, -0.2) is 0 Å². The fraction of sp³-hybridized carbons (Fsp3) is 0.750. The second kappa shape index (κ2) is 7.16. The number of thioether (sulfide) groups is 1. The maximum Gasteiger partial charge on any atom is 0.0113 e. The van der Waals surface area contributed by atoms with Crippen LogP contribution in [-0.2, 0) is 0 Å². The molecule has 0 fully saturated rings. The lowest BCUT2D eigenvalue weighted by atomic mass is 10.3. The van der Waals surface area contributed by atoms with Gasteiger partial charge in [-0.2, -0.15) is 11.8 Å². The zero-order valence-corrected chi connectivity index (χ0v) is 7.66. The van der Waals surface area contributed by atoms with Gasteiger partial charge < -0.3 is 5.73 Å². The molecule has 10 heavy (non-hydrogen) atoms. The Morgan fingerprint density at radius 2 is 2.30 bits per heavy atom. The first-order valence-electron chi connectivity index (χ1n) is 3.72. The topological polar surface area (TPSA) is 26.0 Å². The first kappa shape index (κ1) is 10.0. The maximum absolute atomic E-state index is 5.58. The molecule has 1 unspecified atom stereocenters. The van der Waals surface area contributed by atoms with Crippen LogP contribution < -0.4 is 5.73 Å². The van der Waals surface area contributed by atoms with E-state index in [9.17, 15) is 0 Å². The summed E-state index contributed by atoms with van der Waals surface area (Å²) in [6, 6.07) is 0.359. The van der Waals surface area contributed by atoms with Crippen LogP contribution in [0.5, 0.6) is 0 Å². The fourth-order valence-corrected chi connectivity index (χ4v) is 1.55. The average Bonchev–Trinajstić information content (AvgIpc) is 1.87. The molecule has 1 atom stereocenters. The van der Waals surface area contributed by atoms with Crippen molar-refractivity contribution in [3.8, 4) is 0 Å². The summed E-state index contributed by atoms with van der Waals surface area (Å²) in [6.45, 7) is 4.10. The molecule has 0 aromatic heterocycles. The monoisotopic (exact) mass is 159 g/mol. The van der Waals surface area contributed by atoms with Crippen molar-refractivity contribution in [1.29, 1.82) is 0 Å². The highest BCUT2D eigenvalue weighted by Crippen LogP contribution is 2.03. The Hall–Kier alpha value is 0.0500. The first-order chi connectivity index (χ1) is 4.77. The van der Waals surface area contributed by atoms with E-state index < -0.39 is 0 Å². The van der Waals surface area contributed by atoms with Crippen LogP contribution in [-0.4, -0.2) is 17.5 Å². The lowest BCUT2D eigenvalue weighted by Gasteiger charge is -2.01. The lowest BCUT2D eigenvalue weighted by molar-refractivity contribution is 0.721. The van der Waals surface area contributed by atoms with E-state index in [0.29, 0.717) is 6.04 Å².